The number of hydrogen-bond acceptors (Lipinski definition) is 3. The molecule has 0 bridgehead atoms. The quantitative estimate of drug-likeness (QED) is 0.913. The number of fused-ring (bicyclic) bond motifs is 1. The molecular weight excluding hydrogens is 333 g/mol. The maximum absolute atomic E-state index is 14.3. The summed E-state index contributed by atoms with van der Waals surface area (Å²) in [6, 6.07) is 5.34. The van der Waals surface area contributed by atoms with Gasteiger partial charge < -0.3 is 10.1 Å². The molecule has 138 valence electrons. The third kappa shape index (κ3) is 3.14. The average molecular weight is 357 g/mol. The van der Waals surface area contributed by atoms with Crippen molar-refractivity contribution < 1.29 is 13.9 Å². The van der Waals surface area contributed by atoms with Crippen LogP contribution in [0.1, 0.15) is 71.6 Å². The van der Waals surface area contributed by atoms with Crippen molar-refractivity contribution in [2.45, 2.75) is 57.8 Å². The number of nitrogens with zero attached hydrogens (tertiary/aromatic N) is 2. The van der Waals surface area contributed by atoms with Gasteiger partial charge in [-0.3, -0.25) is 9.48 Å². The number of carbonyl (C=O) groups excluding carboxylic acids is 1. The number of hydrogen-bond donors (Lipinski definition) is 1. The van der Waals surface area contributed by atoms with Crippen LogP contribution in [0, 0.1) is 5.82 Å². The van der Waals surface area contributed by atoms with Gasteiger partial charge in [-0.05, 0) is 44.2 Å². The summed E-state index contributed by atoms with van der Waals surface area (Å²) in [5.41, 5.74) is 3.84. The number of carbonyl (C=O) groups is 1. The SMILES string of the molecule is C[C@@H]1Cc2c(C(=O)NCc3ccc(C4CC4)cc3F)nn(C)c2[C@H](C)O1. The van der Waals surface area contributed by atoms with E-state index in [4.69, 9.17) is 4.74 Å². The largest absolute Gasteiger partial charge is 0.369 e. The van der Waals surface area contributed by atoms with E-state index >= 15 is 0 Å². The van der Waals surface area contributed by atoms with Gasteiger partial charge in [0.2, 0.25) is 0 Å². The average Bonchev–Trinajstić information content (AvgIpc) is 3.37. The molecule has 2 atom stereocenters. The van der Waals surface area contributed by atoms with Gasteiger partial charge in [0, 0.05) is 31.1 Å². The summed E-state index contributed by atoms with van der Waals surface area (Å²) < 4.78 is 21.8. The van der Waals surface area contributed by atoms with E-state index in [1.807, 2.05) is 27.0 Å². The van der Waals surface area contributed by atoms with Crippen molar-refractivity contribution in [2.24, 2.45) is 7.05 Å². The molecule has 0 unspecified atom stereocenters. The molecule has 1 saturated carbocycles. The van der Waals surface area contributed by atoms with Crippen LogP contribution in [0.15, 0.2) is 18.2 Å². The van der Waals surface area contributed by atoms with E-state index in [9.17, 15) is 9.18 Å². The van der Waals surface area contributed by atoms with E-state index in [0.717, 1.165) is 29.7 Å². The van der Waals surface area contributed by atoms with E-state index < -0.39 is 0 Å². The van der Waals surface area contributed by atoms with Crippen molar-refractivity contribution in [3.63, 3.8) is 0 Å². The van der Waals surface area contributed by atoms with Crippen LogP contribution in [0.4, 0.5) is 4.39 Å². The topological polar surface area (TPSA) is 56.2 Å². The molecule has 2 aliphatic rings. The van der Waals surface area contributed by atoms with Crippen molar-refractivity contribution in [1.29, 1.82) is 0 Å². The van der Waals surface area contributed by atoms with Crippen molar-refractivity contribution in [3.8, 4) is 0 Å². The van der Waals surface area contributed by atoms with E-state index in [1.165, 1.54) is 0 Å². The second kappa shape index (κ2) is 6.50. The van der Waals surface area contributed by atoms with Crippen LogP contribution >= 0.6 is 0 Å². The fourth-order valence-corrected chi connectivity index (χ4v) is 3.86. The summed E-state index contributed by atoms with van der Waals surface area (Å²) in [6.45, 7) is 4.11. The number of nitrogens with one attached hydrogen (secondary N) is 1. The highest BCUT2D eigenvalue weighted by molar-refractivity contribution is 5.94. The predicted octanol–water partition coefficient (Wildman–Crippen LogP) is 3.39. The fraction of sp³-hybridized carbons (Fsp3) is 0.500. The van der Waals surface area contributed by atoms with Crippen LogP contribution < -0.4 is 5.32 Å². The van der Waals surface area contributed by atoms with Gasteiger partial charge in [-0.1, -0.05) is 12.1 Å². The van der Waals surface area contributed by atoms with Crippen LogP contribution in [-0.2, 0) is 24.8 Å². The summed E-state index contributed by atoms with van der Waals surface area (Å²) in [5, 5.41) is 7.21. The molecule has 1 aromatic carbocycles. The number of ether oxygens (including phenoxy) is 1. The second-order valence-corrected chi connectivity index (χ2v) is 7.44. The van der Waals surface area contributed by atoms with Crippen molar-refractivity contribution >= 4 is 5.91 Å². The van der Waals surface area contributed by atoms with E-state index in [1.54, 1.807) is 16.8 Å². The van der Waals surface area contributed by atoms with E-state index in [2.05, 4.69) is 10.4 Å². The van der Waals surface area contributed by atoms with Crippen molar-refractivity contribution in [2.75, 3.05) is 0 Å². The Morgan fingerprint density at radius 1 is 1.38 bits per heavy atom. The molecule has 1 aromatic heterocycles. The van der Waals surface area contributed by atoms with Gasteiger partial charge in [-0.15, -0.1) is 0 Å². The fourth-order valence-electron chi connectivity index (χ4n) is 3.86. The van der Waals surface area contributed by atoms with Crippen LogP contribution in [0.3, 0.4) is 0 Å². The van der Waals surface area contributed by atoms with Gasteiger partial charge >= 0.3 is 0 Å². The standard InChI is InChI=1S/C20H24FN3O2/c1-11-8-16-18(23-24(3)19(16)12(2)26-11)20(25)22-10-15-7-6-14(9-17(15)21)13-4-5-13/h6-7,9,11-13H,4-5,8,10H2,1-3H3,(H,22,25)/t11-,12+/m1/s1. The third-order valence-corrected chi connectivity index (χ3v) is 5.29. The molecule has 26 heavy (non-hydrogen) atoms. The van der Waals surface area contributed by atoms with Crippen LogP contribution in [-0.4, -0.2) is 21.8 Å². The maximum atomic E-state index is 14.3. The normalized spacial score (nSPS) is 22.2. The lowest BCUT2D eigenvalue weighted by molar-refractivity contribution is -0.00903. The van der Waals surface area contributed by atoms with Crippen LogP contribution in [0.2, 0.25) is 0 Å². The van der Waals surface area contributed by atoms with Gasteiger partial charge in [0.25, 0.3) is 5.91 Å². The number of benzene rings is 1. The second-order valence-electron chi connectivity index (χ2n) is 7.44. The molecule has 0 saturated heterocycles. The molecular formula is C20H24FN3O2. The Morgan fingerprint density at radius 2 is 2.15 bits per heavy atom. The number of rotatable bonds is 4. The molecule has 0 spiro atoms. The van der Waals surface area contributed by atoms with Gasteiger partial charge in [0.15, 0.2) is 5.69 Å². The minimum atomic E-state index is -0.270. The maximum Gasteiger partial charge on any atom is 0.272 e. The molecule has 5 nitrogen and oxygen atoms in total. The van der Waals surface area contributed by atoms with Crippen molar-refractivity contribution in [3.05, 3.63) is 52.1 Å². The zero-order valence-electron chi connectivity index (χ0n) is 15.4. The zero-order valence-corrected chi connectivity index (χ0v) is 15.4. The summed E-state index contributed by atoms with van der Waals surface area (Å²) >= 11 is 0. The summed E-state index contributed by atoms with van der Waals surface area (Å²) in [5.74, 6) is -0.0124. The van der Waals surface area contributed by atoms with Gasteiger partial charge in [0.05, 0.1) is 17.9 Å². The number of amides is 1. The van der Waals surface area contributed by atoms with Gasteiger partial charge in [-0.25, -0.2) is 4.39 Å². The van der Waals surface area contributed by atoms with Crippen LogP contribution in [0.25, 0.3) is 0 Å². The number of halogens is 1. The first-order chi connectivity index (χ1) is 12.4. The molecule has 2 aromatic rings. The Balaban J connectivity index is 1.50. The highest BCUT2D eigenvalue weighted by atomic mass is 19.1. The molecule has 1 N–H and O–H groups in total. The molecule has 0 radical (unpaired) electrons. The Kier molecular flexibility index (Phi) is 4.31. The first kappa shape index (κ1) is 17.2. The predicted molar refractivity (Wildman–Crippen MR) is 95.4 cm³/mol. The molecule has 1 aliphatic heterocycles. The first-order valence-electron chi connectivity index (χ1n) is 9.21. The molecule has 1 fully saturated rings. The lowest BCUT2D eigenvalue weighted by Gasteiger charge is -2.26. The summed E-state index contributed by atoms with van der Waals surface area (Å²) in [4.78, 5) is 12.7. The molecule has 4 rings (SSSR count). The molecule has 1 amide bonds. The van der Waals surface area contributed by atoms with Crippen LogP contribution in [0.5, 0.6) is 0 Å². The monoisotopic (exact) mass is 357 g/mol. The lowest BCUT2D eigenvalue weighted by atomic mass is 9.99. The summed E-state index contributed by atoms with van der Waals surface area (Å²) in [6.07, 6.45) is 2.88. The smallest absolute Gasteiger partial charge is 0.272 e. The third-order valence-electron chi connectivity index (χ3n) is 5.29. The Morgan fingerprint density at radius 3 is 2.85 bits per heavy atom. The lowest BCUT2D eigenvalue weighted by Crippen LogP contribution is -2.27. The van der Waals surface area contributed by atoms with Gasteiger partial charge in [-0.2, -0.15) is 5.10 Å². The highest BCUT2D eigenvalue weighted by Crippen LogP contribution is 2.40. The highest BCUT2D eigenvalue weighted by Gasteiger charge is 2.31. The van der Waals surface area contributed by atoms with Gasteiger partial charge in [0.1, 0.15) is 5.82 Å². The summed E-state index contributed by atoms with van der Waals surface area (Å²) in [7, 11) is 1.82. The van der Waals surface area contributed by atoms with Crippen molar-refractivity contribution in [1.82, 2.24) is 15.1 Å². The Hall–Kier alpha value is -2.21. The number of aryl methyl sites for hydroxylation is 1. The molecule has 2 heterocycles. The zero-order chi connectivity index (χ0) is 18.4. The number of aromatic nitrogens is 2. The Bertz CT molecular complexity index is 857. The van der Waals surface area contributed by atoms with E-state index in [-0.39, 0.29) is 30.5 Å². The molecule has 1 aliphatic carbocycles. The minimum absolute atomic E-state index is 0.0423. The first-order valence-corrected chi connectivity index (χ1v) is 9.21. The van der Waals surface area contributed by atoms with E-state index in [0.29, 0.717) is 23.6 Å². The minimum Gasteiger partial charge on any atom is -0.369 e. The molecule has 6 heteroatoms. The Labute approximate surface area is 152 Å².